The first-order valence-electron chi connectivity index (χ1n) is 7.21. The molecule has 4 aromatic rings. The summed E-state index contributed by atoms with van der Waals surface area (Å²) in [5, 5.41) is 12.5. The number of pyridine rings is 1. The van der Waals surface area contributed by atoms with Crippen LogP contribution in [0.15, 0.2) is 47.5 Å². The lowest BCUT2D eigenvalue weighted by molar-refractivity contribution is 0.0602. The molecule has 4 rings (SSSR count). The summed E-state index contributed by atoms with van der Waals surface area (Å²) in [5.74, 6) is -0.576. The third-order valence-electron chi connectivity index (χ3n) is 3.78. The second kappa shape index (κ2) is 5.67. The fourth-order valence-electron chi connectivity index (χ4n) is 2.58. The molecule has 1 aromatic carbocycles. The standard InChI is InChI=1S/C16H10ClN5O3/c1-25-16(24)9-8-18-22-12-6-7-21(11-5-3-2-4-10(11)17)15(23)13(12)19-20-14(9)22/h2-8H,1H3. The van der Waals surface area contributed by atoms with Crippen molar-refractivity contribution < 1.29 is 9.53 Å². The van der Waals surface area contributed by atoms with Crippen molar-refractivity contribution in [1.29, 1.82) is 0 Å². The number of benzene rings is 1. The van der Waals surface area contributed by atoms with Crippen molar-refractivity contribution in [2.45, 2.75) is 0 Å². The number of hydrogen-bond donors (Lipinski definition) is 0. The van der Waals surface area contributed by atoms with Crippen LogP contribution in [0.1, 0.15) is 10.4 Å². The second-order valence-electron chi connectivity index (χ2n) is 5.16. The predicted molar refractivity (Wildman–Crippen MR) is 90.2 cm³/mol. The Hall–Kier alpha value is -3.26. The van der Waals surface area contributed by atoms with Crippen LogP contribution in [0.2, 0.25) is 5.02 Å². The van der Waals surface area contributed by atoms with E-state index in [-0.39, 0.29) is 16.7 Å². The number of hydrogen-bond acceptors (Lipinski definition) is 6. The summed E-state index contributed by atoms with van der Waals surface area (Å²) in [5.41, 5.74) is 1.06. The lowest BCUT2D eigenvalue weighted by Crippen LogP contribution is -2.20. The van der Waals surface area contributed by atoms with Crippen molar-refractivity contribution in [1.82, 2.24) is 24.4 Å². The number of rotatable bonds is 2. The van der Waals surface area contributed by atoms with E-state index < -0.39 is 11.5 Å². The zero-order chi connectivity index (χ0) is 17.6. The summed E-state index contributed by atoms with van der Waals surface area (Å²) in [6, 6.07) is 8.64. The van der Waals surface area contributed by atoms with E-state index in [1.807, 2.05) is 0 Å². The van der Waals surface area contributed by atoms with Gasteiger partial charge in [0.25, 0.3) is 5.56 Å². The van der Waals surface area contributed by atoms with Crippen molar-refractivity contribution >= 4 is 34.3 Å². The molecule has 0 N–H and O–H groups in total. The first-order chi connectivity index (χ1) is 12.1. The highest BCUT2D eigenvalue weighted by molar-refractivity contribution is 6.32. The number of nitrogens with zero attached hydrogens (tertiary/aromatic N) is 5. The van der Waals surface area contributed by atoms with Crippen molar-refractivity contribution in [3.05, 3.63) is 63.7 Å². The van der Waals surface area contributed by atoms with Crippen LogP contribution >= 0.6 is 11.6 Å². The maximum atomic E-state index is 12.8. The Morgan fingerprint density at radius 1 is 1.20 bits per heavy atom. The fraction of sp³-hybridized carbons (Fsp3) is 0.0625. The summed E-state index contributed by atoms with van der Waals surface area (Å²) in [7, 11) is 1.27. The van der Waals surface area contributed by atoms with Crippen LogP contribution in [0.25, 0.3) is 22.4 Å². The van der Waals surface area contributed by atoms with Gasteiger partial charge in [-0.25, -0.2) is 9.31 Å². The topological polar surface area (TPSA) is 91.4 Å². The molecule has 0 aliphatic carbocycles. The molecule has 9 heteroatoms. The average molecular weight is 356 g/mol. The smallest absolute Gasteiger partial charge is 0.343 e. The van der Waals surface area contributed by atoms with Gasteiger partial charge in [0.1, 0.15) is 11.1 Å². The van der Waals surface area contributed by atoms with Crippen molar-refractivity contribution in [3.63, 3.8) is 0 Å². The summed E-state index contributed by atoms with van der Waals surface area (Å²) < 4.78 is 7.45. The molecular formula is C16H10ClN5O3. The van der Waals surface area contributed by atoms with Gasteiger partial charge in [0.15, 0.2) is 11.2 Å². The molecule has 3 heterocycles. The van der Waals surface area contributed by atoms with Gasteiger partial charge in [-0.15, -0.1) is 10.2 Å². The first kappa shape index (κ1) is 15.3. The number of fused-ring (bicyclic) bond motifs is 3. The maximum absolute atomic E-state index is 12.8. The normalized spacial score (nSPS) is 11.1. The number of methoxy groups -OCH3 is 1. The Kier molecular flexibility index (Phi) is 3.47. The van der Waals surface area contributed by atoms with Gasteiger partial charge < -0.3 is 4.74 Å². The Bertz CT molecular complexity index is 1200. The van der Waals surface area contributed by atoms with Crippen molar-refractivity contribution in [2.24, 2.45) is 0 Å². The minimum atomic E-state index is -0.576. The number of carbonyl (C=O) groups is 1. The van der Waals surface area contributed by atoms with Crippen LogP contribution in [0.3, 0.4) is 0 Å². The molecule has 25 heavy (non-hydrogen) atoms. The third-order valence-corrected chi connectivity index (χ3v) is 4.10. The number of carbonyl (C=O) groups excluding carboxylic acids is 1. The van der Waals surface area contributed by atoms with E-state index in [0.717, 1.165) is 0 Å². The summed E-state index contributed by atoms with van der Waals surface area (Å²) in [4.78, 5) is 24.5. The minimum absolute atomic E-state index is 0.106. The highest BCUT2D eigenvalue weighted by Gasteiger charge is 2.18. The molecule has 0 saturated carbocycles. The minimum Gasteiger partial charge on any atom is -0.465 e. The zero-order valence-corrected chi connectivity index (χ0v) is 13.6. The summed E-state index contributed by atoms with van der Waals surface area (Å²) in [6.07, 6.45) is 2.90. The van der Waals surface area contributed by atoms with E-state index in [9.17, 15) is 9.59 Å². The molecule has 8 nitrogen and oxygen atoms in total. The lowest BCUT2D eigenvalue weighted by atomic mass is 10.3. The van der Waals surface area contributed by atoms with E-state index in [1.165, 1.54) is 22.4 Å². The van der Waals surface area contributed by atoms with Gasteiger partial charge in [0.05, 0.1) is 24.0 Å². The molecule has 0 atom stereocenters. The van der Waals surface area contributed by atoms with Gasteiger partial charge in [-0.3, -0.25) is 9.36 Å². The SMILES string of the molecule is COC(=O)c1cnn2c1nnc1c(=O)n(-c3ccccc3Cl)ccc12. The molecule has 0 amide bonds. The van der Waals surface area contributed by atoms with Crippen molar-refractivity contribution in [2.75, 3.05) is 7.11 Å². The Labute approximate surface area is 145 Å². The molecule has 0 spiro atoms. The summed E-state index contributed by atoms with van der Waals surface area (Å²) in [6.45, 7) is 0. The molecular weight excluding hydrogens is 346 g/mol. The quantitative estimate of drug-likeness (QED) is 0.510. The van der Waals surface area contributed by atoms with Gasteiger partial charge in [-0.2, -0.15) is 5.10 Å². The van der Waals surface area contributed by atoms with Crippen LogP contribution in [0.5, 0.6) is 0 Å². The zero-order valence-electron chi connectivity index (χ0n) is 12.9. The molecule has 0 aliphatic rings. The van der Waals surface area contributed by atoms with Crippen LogP contribution in [-0.4, -0.2) is 37.5 Å². The van der Waals surface area contributed by atoms with E-state index in [2.05, 4.69) is 20.0 Å². The molecule has 124 valence electrons. The van der Waals surface area contributed by atoms with Gasteiger partial charge in [-0.05, 0) is 18.2 Å². The monoisotopic (exact) mass is 355 g/mol. The Morgan fingerprint density at radius 2 is 2.00 bits per heavy atom. The number of para-hydroxylation sites is 1. The number of aromatic nitrogens is 5. The average Bonchev–Trinajstić information content (AvgIpc) is 3.07. The highest BCUT2D eigenvalue weighted by Crippen LogP contribution is 2.20. The predicted octanol–water partition coefficient (Wildman–Crippen LogP) is 1.87. The van der Waals surface area contributed by atoms with Crippen LogP contribution in [0, 0.1) is 0 Å². The van der Waals surface area contributed by atoms with Gasteiger partial charge in [0.2, 0.25) is 0 Å². The first-order valence-corrected chi connectivity index (χ1v) is 7.58. The van der Waals surface area contributed by atoms with Gasteiger partial charge in [-0.1, -0.05) is 23.7 Å². The highest BCUT2D eigenvalue weighted by atomic mass is 35.5. The third kappa shape index (κ3) is 2.26. The van der Waals surface area contributed by atoms with E-state index in [0.29, 0.717) is 16.2 Å². The van der Waals surface area contributed by atoms with E-state index >= 15 is 0 Å². The molecule has 0 saturated heterocycles. The van der Waals surface area contributed by atoms with Crippen LogP contribution < -0.4 is 5.56 Å². The summed E-state index contributed by atoms with van der Waals surface area (Å²) >= 11 is 6.17. The fourth-order valence-corrected chi connectivity index (χ4v) is 2.81. The molecule has 0 unspecified atom stereocenters. The second-order valence-corrected chi connectivity index (χ2v) is 5.57. The van der Waals surface area contributed by atoms with Crippen LogP contribution in [-0.2, 0) is 4.74 Å². The molecule has 0 fully saturated rings. The Morgan fingerprint density at radius 3 is 2.76 bits per heavy atom. The maximum Gasteiger partial charge on any atom is 0.343 e. The number of esters is 1. The Balaban J connectivity index is 2.01. The number of ether oxygens (including phenoxy) is 1. The lowest BCUT2D eigenvalue weighted by Gasteiger charge is -2.08. The molecule has 0 bridgehead atoms. The van der Waals surface area contributed by atoms with Crippen molar-refractivity contribution in [3.8, 4) is 5.69 Å². The largest absolute Gasteiger partial charge is 0.465 e. The van der Waals surface area contributed by atoms with E-state index in [4.69, 9.17) is 11.6 Å². The van der Waals surface area contributed by atoms with E-state index in [1.54, 1.807) is 36.5 Å². The van der Waals surface area contributed by atoms with Gasteiger partial charge in [0, 0.05) is 6.20 Å². The molecule has 3 aromatic heterocycles. The molecule has 0 radical (unpaired) electrons. The number of halogens is 1. The van der Waals surface area contributed by atoms with Crippen LogP contribution in [0.4, 0.5) is 0 Å². The molecule has 0 aliphatic heterocycles. The van der Waals surface area contributed by atoms with Gasteiger partial charge >= 0.3 is 5.97 Å².